The minimum atomic E-state index is 0.0561. The first-order chi connectivity index (χ1) is 11.9. The third-order valence-corrected chi connectivity index (χ3v) is 4.51. The molecule has 0 saturated heterocycles. The molecule has 3 heteroatoms. The smallest absolute Gasteiger partial charge is 0.136 e. The molecule has 3 aromatic rings. The summed E-state index contributed by atoms with van der Waals surface area (Å²) in [6.07, 6.45) is 6.66. The first kappa shape index (κ1) is 17.0. The fraction of sp³-hybridized carbons (Fsp3) is 0.273. The summed E-state index contributed by atoms with van der Waals surface area (Å²) in [4.78, 5) is 4.50. The molecule has 0 radical (unpaired) electrons. The summed E-state index contributed by atoms with van der Waals surface area (Å²) in [6.45, 7) is 8.69. The largest absolute Gasteiger partial charge is 0.307 e. The lowest BCUT2D eigenvalue weighted by atomic mass is 9.88. The second kappa shape index (κ2) is 6.57. The zero-order chi connectivity index (χ0) is 18.0. The third-order valence-electron chi connectivity index (χ3n) is 4.51. The van der Waals surface area contributed by atoms with E-state index in [4.69, 9.17) is 0 Å². The Kier molecular flexibility index (Phi) is 4.46. The highest BCUT2D eigenvalue weighted by molar-refractivity contribution is 5.73. The molecule has 0 aliphatic heterocycles. The van der Waals surface area contributed by atoms with Crippen molar-refractivity contribution >= 4 is 0 Å². The molecule has 3 nitrogen and oxygen atoms in total. The number of rotatable bonds is 3. The number of hydrogen-bond donors (Lipinski definition) is 0. The molecule has 0 aliphatic carbocycles. The standard InChI is InChI=1S/C22H23N3/c1-5-16-8-6-7-9-19(16)20-15-25(14-17(20)13-23)21-12-18(10-11-24-21)22(2,3)4/h6-12,14-15H,5H2,1-4H3. The Morgan fingerprint density at radius 3 is 2.52 bits per heavy atom. The molecule has 0 unspecified atom stereocenters. The van der Waals surface area contributed by atoms with E-state index < -0.39 is 0 Å². The molecule has 0 fully saturated rings. The Morgan fingerprint density at radius 2 is 1.84 bits per heavy atom. The zero-order valence-corrected chi connectivity index (χ0v) is 15.2. The third kappa shape index (κ3) is 3.34. The summed E-state index contributed by atoms with van der Waals surface area (Å²) in [5, 5.41) is 9.60. The molecule has 0 aliphatic rings. The van der Waals surface area contributed by atoms with Crippen LogP contribution in [0.5, 0.6) is 0 Å². The average Bonchev–Trinajstić information content (AvgIpc) is 3.05. The van der Waals surface area contributed by atoms with E-state index in [1.165, 1.54) is 11.1 Å². The number of pyridine rings is 1. The van der Waals surface area contributed by atoms with Crippen LogP contribution in [0, 0.1) is 11.3 Å². The van der Waals surface area contributed by atoms with E-state index in [1.807, 2.05) is 41.4 Å². The lowest BCUT2D eigenvalue weighted by molar-refractivity contribution is 0.588. The van der Waals surface area contributed by atoms with Crippen LogP contribution in [0.3, 0.4) is 0 Å². The lowest BCUT2D eigenvalue weighted by Gasteiger charge is -2.19. The van der Waals surface area contributed by atoms with Gasteiger partial charge >= 0.3 is 0 Å². The Morgan fingerprint density at radius 1 is 1.08 bits per heavy atom. The van der Waals surface area contributed by atoms with E-state index in [0.29, 0.717) is 5.56 Å². The van der Waals surface area contributed by atoms with Crippen molar-refractivity contribution in [3.05, 3.63) is 71.7 Å². The van der Waals surface area contributed by atoms with E-state index in [1.54, 1.807) is 0 Å². The van der Waals surface area contributed by atoms with Crippen molar-refractivity contribution < 1.29 is 0 Å². The van der Waals surface area contributed by atoms with Crippen LogP contribution in [0.2, 0.25) is 0 Å². The number of nitrogens with zero attached hydrogens (tertiary/aromatic N) is 3. The number of hydrogen-bond acceptors (Lipinski definition) is 2. The van der Waals surface area contributed by atoms with Crippen LogP contribution < -0.4 is 0 Å². The van der Waals surface area contributed by atoms with Gasteiger partial charge in [-0.05, 0) is 40.7 Å². The molecular weight excluding hydrogens is 306 g/mol. The predicted molar refractivity (Wildman–Crippen MR) is 102 cm³/mol. The highest BCUT2D eigenvalue weighted by Crippen LogP contribution is 2.30. The van der Waals surface area contributed by atoms with Gasteiger partial charge in [0.25, 0.3) is 0 Å². The van der Waals surface area contributed by atoms with Gasteiger partial charge in [-0.1, -0.05) is 52.0 Å². The van der Waals surface area contributed by atoms with Gasteiger partial charge in [0.1, 0.15) is 11.9 Å². The zero-order valence-electron chi connectivity index (χ0n) is 15.2. The van der Waals surface area contributed by atoms with Gasteiger partial charge < -0.3 is 4.57 Å². The number of nitriles is 1. The maximum Gasteiger partial charge on any atom is 0.136 e. The molecule has 25 heavy (non-hydrogen) atoms. The minimum absolute atomic E-state index is 0.0561. The summed E-state index contributed by atoms with van der Waals surface area (Å²) in [5.74, 6) is 0.837. The molecule has 0 bridgehead atoms. The first-order valence-corrected chi connectivity index (χ1v) is 8.61. The van der Waals surface area contributed by atoms with Gasteiger partial charge in [0.05, 0.1) is 5.56 Å². The van der Waals surface area contributed by atoms with Crippen molar-refractivity contribution in [1.29, 1.82) is 5.26 Å². The number of benzene rings is 1. The molecule has 0 saturated carbocycles. The Bertz CT molecular complexity index is 936. The van der Waals surface area contributed by atoms with Crippen LogP contribution >= 0.6 is 0 Å². The predicted octanol–water partition coefficient (Wildman–Crippen LogP) is 5.27. The topological polar surface area (TPSA) is 41.6 Å². The molecule has 0 N–H and O–H groups in total. The van der Waals surface area contributed by atoms with Crippen LogP contribution in [-0.2, 0) is 11.8 Å². The second-order valence-corrected chi connectivity index (χ2v) is 7.27. The first-order valence-electron chi connectivity index (χ1n) is 8.61. The molecule has 0 spiro atoms. The van der Waals surface area contributed by atoms with Crippen LogP contribution in [0.15, 0.2) is 55.0 Å². The molecule has 0 amide bonds. The van der Waals surface area contributed by atoms with Crippen LogP contribution in [0.25, 0.3) is 16.9 Å². The maximum atomic E-state index is 9.60. The second-order valence-electron chi connectivity index (χ2n) is 7.27. The van der Waals surface area contributed by atoms with Crippen LogP contribution in [0.1, 0.15) is 44.4 Å². The Balaban J connectivity index is 2.13. The van der Waals surface area contributed by atoms with Crippen molar-refractivity contribution in [3.8, 4) is 23.0 Å². The molecule has 126 valence electrons. The highest BCUT2D eigenvalue weighted by atomic mass is 15.0. The van der Waals surface area contributed by atoms with Crippen LogP contribution in [0.4, 0.5) is 0 Å². The summed E-state index contributed by atoms with van der Waals surface area (Å²) < 4.78 is 1.95. The van der Waals surface area contributed by atoms with E-state index >= 15 is 0 Å². The molecule has 1 aromatic carbocycles. The summed E-state index contributed by atoms with van der Waals surface area (Å²) in [5.41, 5.74) is 5.27. The lowest BCUT2D eigenvalue weighted by Crippen LogP contribution is -2.12. The van der Waals surface area contributed by atoms with Gasteiger partial charge in [-0.2, -0.15) is 5.26 Å². The Labute approximate surface area is 149 Å². The van der Waals surface area contributed by atoms with Crippen molar-refractivity contribution in [2.24, 2.45) is 0 Å². The summed E-state index contributed by atoms with van der Waals surface area (Å²) >= 11 is 0. The summed E-state index contributed by atoms with van der Waals surface area (Å²) in [7, 11) is 0. The fourth-order valence-corrected chi connectivity index (χ4v) is 3.01. The van der Waals surface area contributed by atoms with Gasteiger partial charge in [-0.3, -0.25) is 0 Å². The van der Waals surface area contributed by atoms with Crippen molar-refractivity contribution in [3.63, 3.8) is 0 Å². The number of aromatic nitrogens is 2. The van der Waals surface area contributed by atoms with Gasteiger partial charge in [0.2, 0.25) is 0 Å². The average molecular weight is 329 g/mol. The monoisotopic (exact) mass is 329 g/mol. The maximum absolute atomic E-state index is 9.60. The van der Waals surface area contributed by atoms with Gasteiger partial charge in [0, 0.05) is 24.2 Å². The molecule has 2 aromatic heterocycles. The van der Waals surface area contributed by atoms with Crippen molar-refractivity contribution in [2.75, 3.05) is 0 Å². The molecule has 2 heterocycles. The van der Waals surface area contributed by atoms with Gasteiger partial charge in [-0.25, -0.2) is 4.98 Å². The number of aryl methyl sites for hydroxylation is 1. The summed E-state index contributed by atoms with van der Waals surface area (Å²) in [6, 6.07) is 14.7. The van der Waals surface area contributed by atoms with E-state index in [9.17, 15) is 5.26 Å². The van der Waals surface area contributed by atoms with E-state index in [-0.39, 0.29) is 5.41 Å². The van der Waals surface area contributed by atoms with Gasteiger partial charge in [0.15, 0.2) is 0 Å². The minimum Gasteiger partial charge on any atom is -0.307 e. The molecule has 0 atom stereocenters. The Hall–Kier alpha value is -2.86. The molecule has 3 rings (SSSR count). The molecular formula is C22H23N3. The fourth-order valence-electron chi connectivity index (χ4n) is 3.01. The quantitative estimate of drug-likeness (QED) is 0.657. The van der Waals surface area contributed by atoms with E-state index in [2.05, 4.69) is 56.9 Å². The van der Waals surface area contributed by atoms with E-state index in [0.717, 1.165) is 23.4 Å². The normalized spacial score (nSPS) is 11.3. The van der Waals surface area contributed by atoms with Crippen molar-refractivity contribution in [1.82, 2.24) is 9.55 Å². The van der Waals surface area contributed by atoms with Crippen LogP contribution in [-0.4, -0.2) is 9.55 Å². The SMILES string of the molecule is CCc1ccccc1-c1cn(-c2cc(C(C)(C)C)ccn2)cc1C#N. The van der Waals surface area contributed by atoms with Crippen molar-refractivity contribution in [2.45, 2.75) is 39.5 Å². The highest BCUT2D eigenvalue weighted by Gasteiger charge is 2.16. The van der Waals surface area contributed by atoms with Gasteiger partial charge in [-0.15, -0.1) is 0 Å².